The number of nitrogens with one attached hydrogen (secondary N) is 2. The Kier molecular flexibility index (Phi) is 13.7. The largest absolute Gasteiger partial charge is 0.356 e. The lowest BCUT2D eigenvalue weighted by Crippen LogP contribution is -2.60. The molecular weight excluding hydrogens is 646 g/mol. The molecule has 288 valence electrons. The second-order valence-corrected chi connectivity index (χ2v) is 17.6. The van der Waals surface area contributed by atoms with Crippen molar-refractivity contribution in [2.75, 3.05) is 19.6 Å². The van der Waals surface area contributed by atoms with Crippen molar-refractivity contribution in [2.24, 2.45) is 46.3 Å². The van der Waals surface area contributed by atoms with E-state index in [0.29, 0.717) is 54.9 Å². The number of Topliss-reactive ketones (excluding diaryl/α,β-unsaturated/α-hetero) is 4. The summed E-state index contributed by atoms with van der Waals surface area (Å²) in [6.07, 6.45) is 12.9. The average molecular weight is 714 g/mol. The van der Waals surface area contributed by atoms with Crippen LogP contribution in [0.4, 0.5) is 0 Å². The van der Waals surface area contributed by atoms with E-state index < -0.39 is 0 Å². The van der Waals surface area contributed by atoms with Crippen LogP contribution in [0.2, 0.25) is 0 Å². The van der Waals surface area contributed by atoms with Crippen LogP contribution in [0.15, 0.2) is 0 Å². The lowest BCUT2D eigenvalue weighted by atomic mass is 9.43. The summed E-state index contributed by atoms with van der Waals surface area (Å²) in [5.41, 5.74) is 3.44. The van der Waals surface area contributed by atoms with Crippen molar-refractivity contribution >= 4 is 29.0 Å². The first-order valence-corrected chi connectivity index (χ1v) is 20.4. The molecule has 51 heavy (non-hydrogen) atoms. The lowest BCUT2D eigenvalue weighted by Gasteiger charge is -2.63. The Hall–Kier alpha value is -2.01. The molecule has 4 saturated carbocycles. The van der Waals surface area contributed by atoms with Gasteiger partial charge in [0.25, 0.3) is 0 Å². The van der Waals surface area contributed by atoms with E-state index >= 15 is 0 Å². The Bertz CT molecular complexity index is 1270. The number of hydrogen-bond acceptors (Lipinski definition) is 9. The maximum atomic E-state index is 13.0. The molecule has 1 saturated heterocycles. The quantitative estimate of drug-likeness (QED) is 0.156. The second-order valence-electron chi connectivity index (χ2n) is 17.6. The van der Waals surface area contributed by atoms with Crippen molar-refractivity contribution in [3.05, 3.63) is 0 Å². The molecule has 0 aromatic heterocycles. The van der Waals surface area contributed by atoms with Crippen molar-refractivity contribution in [3.63, 3.8) is 0 Å². The summed E-state index contributed by atoms with van der Waals surface area (Å²) in [4.78, 5) is 74.3. The monoisotopic (exact) mass is 713 g/mol. The maximum absolute atomic E-state index is 13.0. The Morgan fingerprint density at radius 3 is 2.27 bits per heavy atom. The fraction of sp³-hybridized carbons (Fsp3) is 0.878. The Balaban J connectivity index is 1.30. The van der Waals surface area contributed by atoms with Crippen LogP contribution in [0.25, 0.3) is 0 Å². The van der Waals surface area contributed by atoms with Gasteiger partial charge in [-0.1, -0.05) is 20.8 Å². The van der Waals surface area contributed by atoms with Gasteiger partial charge in [-0.2, -0.15) is 10.5 Å². The second kappa shape index (κ2) is 17.4. The van der Waals surface area contributed by atoms with E-state index in [1.54, 1.807) is 0 Å². The minimum absolute atomic E-state index is 0.0121. The summed E-state index contributed by atoms with van der Waals surface area (Å²) in [7, 11) is 0. The van der Waals surface area contributed by atoms with Crippen LogP contribution in [-0.2, 0) is 33.6 Å². The van der Waals surface area contributed by atoms with Gasteiger partial charge in [0, 0.05) is 45.2 Å². The number of rotatable bonds is 18. The molecule has 10 nitrogen and oxygen atoms in total. The predicted octanol–water partition coefficient (Wildman–Crippen LogP) is 6.34. The molecule has 5 aliphatic rings. The predicted molar refractivity (Wildman–Crippen MR) is 195 cm³/mol. The third-order valence-corrected chi connectivity index (χ3v) is 14.4. The number of amides is 1. The van der Waals surface area contributed by atoms with Gasteiger partial charge in [-0.15, -0.1) is 0 Å². The first-order chi connectivity index (χ1) is 24.3. The number of hydrogen-bond donors (Lipinski definition) is 2. The van der Waals surface area contributed by atoms with Crippen LogP contribution >= 0.6 is 0 Å². The standard InChI is InChI=1S/C41H67N3O7/c1-7-42-38(49)17-10-26(2)32-14-15-33-39-34(19-21-41(32,33)6)40(5)20-18-31(51-44-22-8-9-35(44)36(48)16-12-28(4)46)23-29(40)24-37(39)50-43-25-30(47)13-11-27(3)45/h26,29,31-35,37,39,43H,7-25H2,1-6H3,(H,42,49)/t26?,29-,31+,32?,33?,34?,35-,37?,39?,40-,41+/m0/s1. The third kappa shape index (κ3) is 9.21. The fourth-order valence-corrected chi connectivity index (χ4v) is 11.7. The molecule has 2 N–H and O–H groups in total. The first-order valence-electron chi connectivity index (χ1n) is 20.4. The van der Waals surface area contributed by atoms with Gasteiger partial charge in [-0.3, -0.25) is 24.1 Å². The summed E-state index contributed by atoms with van der Waals surface area (Å²) in [5.74, 6) is 3.15. The van der Waals surface area contributed by atoms with Gasteiger partial charge in [-0.25, -0.2) is 0 Å². The highest BCUT2D eigenvalue weighted by Crippen LogP contribution is 2.68. The van der Waals surface area contributed by atoms with Crippen LogP contribution in [0.1, 0.15) is 144 Å². The zero-order valence-electron chi connectivity index (χ0n) is 32.4. The van der Waals surface area contributed by atoms with Gasteiger partial charge in [0.2, 0.25) is 5.91 Å². The van der Waals surface area contributed by atoms with Crippen LogP contribution in [0.5, 0.6) is 0 Å². The minimum atomic E-state index is -0.260. The molecule has 1 aliphatic heterocycles. The summed E-state index contributed by atoms with van der Waals surface area (Å²) in [5, 5.41) is 4.90. The number of nitrogens with zero attached hydrogens (tertiary/aromatic N) is 1. The molecule has 1 heterocycles. The van der Waals surface area contributed by atoms with Crippen LogP contribution in [0, 0.1) is 46.3 Å². The molecule has 0 aromatic carbocycles. The molecule has 5 rings (SSSR count). The zero-order valence-corrected chi connectivity index (χ0v) is 32.4. The molecule has 11 atom stereocenters. The Labute approximate surface area is 306 Å². The summed E-state index contributed by atoms with van der Waals surface area (Å²) < 4.78 is 0. The SMILES string of the molecule is CCNC(=O)CCC(C)C1CCC2C3C(ONCC(=O)CCC(C)=O)C[C@@H]4C[C@H](ON5CCC[C@H]5C(=O)CCC(C)=O)CC[C@]4(C)C3CC[C@]12C. The van der Waals surface area contributed by atoms with E-state index in [0.717, 1.165) is 57.9 Å². The van der Waals surface area contributed by atoms with Gasteiger partial charge in [0.1, 0.15) is 17.3 Å². The molecule has 10 heteroatoms. The summed E-state index contributed by atoms with van der Waals surface area (Å²) in [6, 6.07) is -0.260. The zero-order chi connectivity index (χ0) is 36.9. The molecule has 0 aromatic rings. The summed E-state index contributed by atoms with van der Waals surface area (Å²) in [6.45, 7) is 13.9. The van der Waals surface area contributed by atoms with Crippen molar-refractivity contribution in [1.82, 2.24) is 15.9 Å². The van der Waals surface area contributed by atoms with E-state index in [-0.39, 0.29) is 83.9 Å². The van der Waals surface area contributed by atoms with Gasteiger partial charge in [0.05, 0.1) is 24.8 Å². The lowest BCUT2D eigenvalue weighted by molar-refractivity contribution is -0.245. The number of carbonyl (C=O) groups is 5. The third-order valence-electron chi connectivity index (χ3n) is 14.4. The van der Waals surface area contributed by atoms with Crippen molar-refractivity contribution < 1.29 is 33.6 Å². The highest BCUT2D eigenvalue weighted by Gasteiger charge is 2.63. The van der Waals surface area contributed by atoms with E-state index in [2.05, 4.69) is 31.6 Å². The molecule has 4 aliphatic carbocycles. The van der Waals surface area contributed by atoms with E-state index in [1.165, 1.54) is 33.1 Å². The van der Waals surface area contributed by atoms with Crippen LogP contribution in [0.3, 0.4) is 0 Å². The molecular formula is C41H67N3O7. The highest BCUT2D eigenvalue weighted by atomic mass is 16.7. The van der Waals surface area contributed by atoms with E-state index in [4.69, 9.17) is 9.68 Å². The van der Waals surface area contributed by atoms with Crippen molar-refractivity contribution in [3.8, 4) is 0 Å². The number of carbonyl (C=O) groups excluding carboxylic acids is 5. The van der Waals surface area contributed by atoms with E-state index in [9.17, 15) is 24.0 Å². The molecule has 0 bridgehead atoms. The molecule has 0 spiro atoms. The van der Waals surface area contributed by atoms with Crippen molar-refractivity contribution in [2.45, 2.75) is 163 Å². The Morgan fingerprint density at radius 2 is 1.55 bits per heavy atom. The number of fused-ring (bicyclic) bond motifs is 5. The number of ketones is 4. The highest BCUT2D eigenvalue weighted by molar-refractivity contribution is 5.88. The van der Waals surface area contributed by atoms with Crippen molar-refractivity contribution in [1.29, 1.82) is 0 Å². The normalized spacial score (nSPS) is 36.8. The first kappa shape index (κ1) is 40.2. The van der Waals surface area contributed by atoms with Crippen LogP contribution in [-0.4, -0.2) is 72.0 Å². The molecule has 6 unspecified atom stereocenters. The van der Waals surface area contributed by atoms with E-state index in [1.807, 2.05) is 12.0 Å². The fourth-order valence-electron chi connectivity index (χ4n) is 11.7. The topological polar surface area (TPSA) is 131 Å². The van der Waals surface area contributed by atoms with Gasteiger partial charge < -0.3 is 14.9 Å². The van der Waals surface area contributed by atoms with Gasteiger partial charge >= 0.3 is 0 Å². The molecule has 1 amide bonds. The van der Waals surface area contributed by atoms with Crippen LogP contribution < -0.4 is 10.8 Å². The Morgan fingerprint density at radius 1 is 0.843 bits per heavy atom. The smallest absolute Gasteiger partial charge is 0.219 e. The molecule has 5 fully saturated rings. The summed E-state index contributed by atoms with van der Waals surface area (Å²) >= 11 is 0. The molecule has 0 radical (unpaired) electrons. The maximum Gasteiger partial charge on any atom is 0.219 e. The van der Waals surface area contributed by atoms with Gasteiger partial charge in [0.15, 0.2) is 5.78 Å². The average Bonchev–Trinajstić information content (AvgIpc) is 3.69. The van der Waals surface area contributed by atoms with Gasteiger partial charge in [-0.05, 0) is 138 Å². The number of hydroxylamine groups is 3. The minimum Gasteiger partial charge on any atom is -0.356 e.